The van der Waals surface area contributed by atoms with Crippen molar-refractivity contribution in [3.63, 3.8) is 0 Å². The second-order valence-corrected chi connectivity index (χ2v) is 11.4. The van der Waals surface area contributed by atoms with Gasteiger partial charge in [0.2, 0.25) is 0 Å². The van der Waals surface area contributed by atoms with Crippen molar-refractivity contribution in [1.29, 1.82) is 0 Å². The van der Waals surface area contributed by atoms with Crippen molar-refractivity contribution in [2.24, 2.45) is 23.5 Å². The third-order valence-corrected chi connectivity index (χ3v) is 7.06. The van der Waals surface area contributed by atoms with Crippen LogP contribution >= 0.6 is 0 Å². The second-order valence-electron chi connectivity index (χ2n) is 11.4. The van der Waals surface area contributed by atoms with Crippen LogP contribution in [0, 0.1) is 17.8 Å². The molecule has 1 aromatic carbocycles. The van der Waals surface area contributed by atoms with E-state index in [1.165, 1.54) is 11.6 Å². The van der Waals surface area contributed by atoms with Crippen molar-refractivity contribution < 1.29 is 28.9 Å². The molecule has 0 aromatic heterocycles. The largest absolute Gasteiger partial charge is 0.507 e. The maximum Gasteiger partial charge on any atom is 0.413 e. The summed E-state index contributed by atoms with van der Waals surface area (Å²) in [5, 5.41) is 13.6. The van der Waals surface area contributed by atoms with Gasteiger partial charge in [-0.05, 0) is 58.4 Å². The average Bonchev–Trinajstić information content (AvgIpc) is 2.77. The number of fused-ring (bicyclic) bond motifs is 3. The van der Waals surface area contributed by atoms with Gasteiger partial charge < -0.3 is 30.4 Å². The number of carbonyl (C=O) groups excluding carboxylic acids is 2. The van der Waals surface area contributed by atoms with E-state index in [2.05, 4.69) is 38.7 Å². The molecule has 4 N–H and O–H groups in total. The van der Waals surface area contributed by atoms with Crippen LogP contribution in [0.2, 0.25) is 0 Å². The maximum absolute atomic E-state index is 12.6. The van der Waals surface area contributed by atoms with E-state index in [0.29, 0.717) is 36.0 Å². The fraction of sp³-hybridized carbons (Fsp3) is 0.586. The van der Waals surface area contributed by atoms with Gasteiger partial charge >= 0.3 is 12.1 Å². The van der Waals surface area contributed by atoms with E-state index in [4.69, 9.17) is 19.9 Å². The lowest BCUT2D eigenvalue weighted by Crippen LogP contribution is -2.45. The molecule has 0 radical (unpaired) electrons. The summed E-state index contributed by atoms with van der Waals surface area (Å²) in [5.41, 5.74) is 7.04. The molecule has 204 valence electrons. The fourth-order valence-corrected chi connectivity index (χ4v) is 5.11. The number of hydrogen-bond donors (Lipinski definition) is 3. The minimum atomic E-state index is -0.693. The number of esters is 1. The Morgan fingerprint density at radius 2 is 2.05 bits per heavy atom. The first-order chi connectivity index (χ1) is 17.4. The topological polar surface area (TPSA) is 120 Å². The van der Waals surface area contributed by atoms with E-state index in [-0.39, 0.29) is 48.2 Å². The van der Waals surface area contributed by atoms with Gasteiger partial charge in [0, 0.05) is 47.9 Å². The number of hydrogen-bond acceptors (Lipinski definition) is 7. The Labute approximate surface area is 220 Å². The van der Waals surface area contributed by atoms with Crippen molar-refractivity contribution in [1.82, 2.24) is 5.32 Å². The quantitative estimate of drug-likeness (QED) is 0.277. The van der Waals surface area contributed by atoms with Crippen molar-refractivity contribution >= 4 is 12.1 Å². The Bertz CT molecular complexity index is 1050. The van der Waals surface area contributed by atoms with Gasteiger partial charge in [-0.3, -0.25) is 4.79 Å². The highest BCUT2D eigenvalue weighted by Crippen LogP contribution is 2.51. The third-order valence-electron chi connectivity index (χ3n) is 7.06. The summed E-state index contributed by atoms with van der Waals surface area (Å²) in [7, 11) is 0. The van der Waals surface area contributed by atoms with Crippen molar-refractivity contribution in [3.8, 4) is 17.2 Å². The van der Waals surface area contributed by atoms with E-state index in [1.54, 1.807) is 6.07 Å². The van der Waals surface area contributed by atoms with Crippen molar-refractivity contribution in [3.05, 3.63) is 41.7 Å². The van der Waals surface area contributed by atoms with Crippen molar-refractivity contribution in [2.75, 3.05) is 13.2 Å². The minimum absolute atomic E-state index is 0.0139. The summed E-state index contributed by atoms with van der Waals surface area (Å²) in [6, 6.07) is 3.04. The highest BCUT2D eigenvalue weighted by atomic mass is 16.6. The molecule has 0 bridgehead atoms. The molecule has 0 saturated carbocycles. The van der Waals surface area contributed by atoms with Gasteiger partial charge in [-0.25, -0.2) is 4.79 Å². The normalized spacial score (nSPS) is 19.8. The molecule has 3 rings (SSSR count). The number of phenolic OH excluding ortho intramolecular Hbond substituents is 1. The lowest BCUT2D eigenvalue weighted by molar-refractivity contribution is -0.145. The number of amides is 1. The smallest absolute Gasteiger partial charge is 0.413 e. The number of aromatic hydroxyl groups is 1. The van der Waals surface area contributed by atoms with Crippen LogP contribution in [0.25, 0.3) is 0 Å². The Balaban J connectivity index is 1.55. The van der Waals surface area contributed by atoms with Crippen LogP contribution < -0.4 is 20.5 Å². The SMILES string of the molecule is C=C1Oc2cc(OC(=O)NC(C)(C)CCOC(=O)C[C@@H](CN)CC(C)C)cc(O)c2[C@@H]2C=C(C)CC[C@@H]12. The van der Waals surface area contributed by atoms with Crippen LogP contribution in [-0.4, -0.2) is 35.9 Å². The fourth-order valence-electron chi connectivity index (χ4n) is 5.11. The molecule has 0 saturated heterocycles. The lowest BCUT2D eigenvalue weighted by Gasteiger charge is -2.36. The molecular formula is C29H42N2O6. The van der Waals surface area contributed by atoms with Gasteiger partial charge in [0.25, 0.3) is 0 Å². The summed E-state index contributed by atoms with van der Waals surface area (Å²) in [6.07, 6.45) is 4.93. The zero-order valence-corrected chi connectivity index (χ0v) is 22.8. The molecule has 2 aliphatic rings. The Morgan fingerprint density at radius 1 is 1.32 bits per heavy atom. The number of benzene rings is 1. The maximum atomic E-state index is 12.6. The van der Waals surface area contributed by atoms with E-state index in [1.807, 2.05) is 13.8 Å². The van der Waals surface area contributed by atoms with E-state index in [9.17, 15) is 14.7 Å². The molecule has 8 heteroatoms. The second kappa shape index (κ2) is 12.0. The molecule has 37 heavy (non-hydrogen) atoms. The minimum Gasteiger partial charge on any atom is -0.507 e. The zero-order valence-electron chi connectivity index (χ0n) is 22.8. The number of rotatable bonds is 10. The van der Waals surface area contributed by atoms with Gasteiger partial charge in [0.05, 0.1) is 6.61 Å². The molecule has 0 spiro atoms. The highest BCUT2D eigenvalue weighted by Gasteiger charge is 2.37. The van der Waals surface area contributed by atoms with Gasteiger partial charge in [-0.1, -0.05) is 32.1 Å². The summed E-state index contributed by atoms with van der Waals surface area (Å²) < 4.78 is 16.8. The molecule has 1 aromatic rings. The van der Waals surface area contributed by atoms with Crippen LogP contribution in [-0.2, 0) is 9.53 Å². The van der Waals surface area contributed by atoms with Gasteiger partial charge in [0.15, 0.2) is 0 Å². The van der Waals surface area contributed by atoms with Crippen LogP contribution in [0.1, 0.15) is 78.2 Å². The van der Waals surface area contributed by atoms with Crippen LogP contribution in [0.15, 0.2) is 36.1 Å². The number of nitrogens with two attached hydrogens (primary N) is 1. The first kappa shape index (κ1) is 28.6. The van der Waals surface area contributed by atoms with Gasteiger partial charge in [0.1, 0.15) is 23.0 Å². The van der Waals surface area contributed by atoms with Crippen molar-refractivity contribution in [2.45, 2.75) is 78.2 Å². The Hall–Kier alpha value is -3.00. The molecule has 1 aliphatic heterocycles. The van der Waals surface area contributed by atoms with E-state index >= 15 is 0 Å². The van der Waals surface area contributed by atoms with Crippen LogP contribution in [0.4, 0.5) is 4.79 Å². The molecular weight excluding hydrogens is 472 g/mol. The Kier molecular flexibility index (Phi) is 9.29. The van der Waals surface area contributed by atoms with Gasteiger partial charge in [-0.15, -0.1) is 0 Å². The summed E-state index contributed by atoms with van der Waals surface area (Å²) >= 11 is 0. The summed E-state index contributed by atoms with van der Waals surface area (Å²) in [5.74, 6) is 1.66. The molecule has 1 amide bonds. The third kappa shape index (κ3) is 7.74. The first-order valence-corrected chi connectivity index (χ1v) is 13.1. The lowest BCUT2D eigenvalue weighted by atomic mass is 9.74. The number of ether oxygens (including phenoxy) is 3. The number of phenols is 1. The zero-order chi connectivity index (χ0) is 27.3. The Morgan fingerprint density at radius 3 is 2.73 bits per heavy atom. The molecule has 1 aliphatic carbocycles. The predicted octanol–water partition coefficient (Wildman–Crippen LogP) is 5.55. The van der Waals surface area contributed by atoms with Gasteiger partial charge in [-0.2, -0.15) is 0 Å². The average molecular weight is 515 g/mol. The molecule has 8 nitrogen and oxygen atoms in total. The molecule has 0 fully saturated rings. The van der Waals surface area contributed by atoms with Crippen LogP contribution in [0.5, 0.6) is 17.2 Å². The number of allylic oxidation sites excluding steroid dienone is 3. The molecule has 0 unspecified atom stereocenters. The standard InChI is InChI=1S/C29H42N2O6/c1-17(2)11-20(16-30)13-26(33)35-10-9-29(5,6)31-28(34)37-21-14-24(32)27-23-12-18(3)7-8-22(23)19(4)36-25(27)15-21/h12,14-15,17,20,22-23,32H,4,7-11,13,16,30H2,1-3,5-6H3,(H,31,34)/t20-,22-,23+/m0/s1. The number of carbonyl (C=O) groups is 2. The first-order valence-electron chi connectivity index (χ1n) is 13.1. The summed E-state index contributed by atoms with van der Waals surface area (Å²) in [4.78, 5) is 24.8. The highest BCUT2D eigenvalue weighted by molar-refractivity contribution is 5.72. The van der Waals surface area contributed by atoms with E-state index < -0.39 is 11.6 Å². The summed E-state index contributed by atoms with van der Waals surface area (Å²) in [6.45, 7) is 14.6. The van der Waals surface area contributed by atoms with Crippen LogP contribution in [0.3, 0.4) is 0 Å². The molecule has 3 atom stereocenters. The number of nitrogens with one attached hydrogen (secondary N) is 1. The van der Waals surface area contributed by atoms with E-state index in [0.717, 1.165) is 19.3 Å². The molecule has 1 heterocycles. The predicted molar refractivity (Wildman–Crippen MR) is 143 cm³/mol. The monoisotopic (exact) mass is 514 g/mol.